The first kappa shape index (κ1) is 24.5. The van der Waals surface area contributed by atoms with Crippen molar-refractivity contribution in [3.05, 3.63) is 35.9 Å². The van der Waals surface area contributed by atoms with Crippen molar-refractivity contribution >= 4 is 21.6 Å². The molecular formula is C28H36O6S. The molecule has 0 spiro atoms. The summed E-state index contributed by atoms with van der Waals surface area (Å²) in [6, 6.07) is 6.09. The zero-order valence-corrected chi connectivity index (χ0v) is 21.5. The lowest BCUT2D eigenvalue weighted by atomic mass is 9.51. The molecule has 4 aliphatic rings. The SMILES string of the molecule is CCC12CCC3C4CCC(=O)C=C4CCC3C1CCC2OC(=O)COc1ccc(S(C)(=O)=O)cc1. The molecule has 6 unspecified atom stereocenters. The van der Waals surface area contributed by atoms with E-state index in [-0.39, 0.29) is 29.0 Å². The van der Waals surface area contributed by atoms with Gasteiger partial charge in [-0.2, -0.15) is 0 Å². The van der Waals surface area contributed by atoms with E-state index < -0.39 is 9.84 Å². The fourth-order valence-corrected chi connectivity index (χ4v) is 8.53. The molecule has 190 valence electrons. The van der Waals surface area contributed by atoms with E-state index in [1.807, 2.05) is 6.08 Å². The van der Waals surface area contributed by atoms with Gasteiger partial charge in [-0.1, -0.05) is 12.5 Å². The molecule has 1 aromatic carbocycles. The van der Waals surface area contributed by atoms with Gasteiger partial charge in [0.05, 0.1) is 4.90 Å². The van der Waals surface area contributed by atoms with Crippen molar-refractivity contribution in [3.63, 3.8) is 0 Å². The lowest BCUT2D eigenvalue weighted by molar-refractivity contribution is -0.163. The van der Waals surface area contributed by atoms with Crippen LogP contribution in [0, 0.1) is 29.1 Å². The minimum Gasteiger partial charge on any atom is -0.482 e. The average molecular weight is 501 g/mol. The predicted molar refractivity (Wildman–Crippen MR) is 132 cm³/mol. The Balaban J connectivity index is 1.22. The molecule has 4 aliphatic carbocycles. The number of benzene rings is 1. The van der Waals surface area contributed by atoms with Gasteiger partial charge < -0.3 is 9.47 Å². The molecule has 0 aliphatic heterocycles. The number of rotatable bonds is 6. The maximum Gasteiger partial charge on any atom is 0.344 e. The lowest BCUT2D eigenvalue weighted by Crippen LogP contribution is -2.49. The van der Waals surface area contributed by atoms with Gasteiger partial charge in [-0.3, -0.25) is 4.79 Å². The predicted octanol–water partition coefficient (Wildman–Crippen LogP) is 4.91. The highest BCUT2D eigenvalue weighted by molar-refractivity contribution is 7.90. The number of carbonyl (C=O) groups is 2. The van der Waals surface area contributed by atoms with Crippen LogP contribution in [0.5, 0.6) is 5.75 Å². The molecular weight excluding hydrogens is 464 g/mol. The van der Waals surface area contributed by atoms with E-state index in [0.717, 1.165) is 57.6 Å². The molecule has 0 radical (unpaired) electrons. The number of carbonyl (C=O) groups excluding carboxylic acids is 2. The summed E-state index contributed by atoms with van der Waals surface area (Å²) in [7, 11) is -3.27. The van der Waals surface area contributed by atoms with Gasteiger partial charge in [0.25, 0.3) is 0 Å². The van der Waals surface area contributed by atoms with E-state index in [1.54, 1.807) is 12.1 Å². The van der Waals surface area contributed by atoms with Crippen LogP contribution in [0.4, 0.5) is 0 Å². The number of ketones is 1. The van der Waals surface area contributed by atoms with Gasteiger partial charge in [-0.05, 0) is 105 Å². The van der Waals surface area contributed by atoms with Gasteiger partial charge >= 0.3 is 5.97 Å². The molecule has 0 heterocycles. The minimum absolute atomic E-state index is 0.0413. The first-order valence-corrected chi connectivity index (χ1v) is 15.0. The summed E-state index contributed by atoms with van der Waals surface area (Å²) in [5.74, 6) is 2.86. The van der Waals surface area contributed by atoms with Crippen molar-refractivity contribution in [3.8, 4) is 5.75 Å². The number of fused-ring (bicyclic) bond motifs is 5. The quantitative estimate of drug-likeness (QED) is 0.516. The highest BCUT2D eigenvalue weighted by Crippen LogP contribution is 2.63. The summed E-state index contributed by atoms with van der Waals surface area (Å²) in [5, 5.41) is 0. The van der Waals surface area contributed by atoms with Crippen LogP contribution in [-0.2, 0) is 24.2 Å². The summed E-state index contributed by atoms with van der Waals surface area (Å²) >= 11 is 0. The van der Waals surface area contributed by atoms with Crippen molar-refractivity contribution in [1.82, 2.24) is 0 Å². The van der Waals surface area contributed by atoms with Crippen LogP contribution in [0.15, 0.2) is 40.8 Å². The highest BCUT2D eigenvalue weighted by Gasteiger charge is 2.58. The van der Waals surface area contributed by atoms with Crippen molar-refractivity contribution in [2.75, 3.05) is 12.9 Å². The largest absolute Gasteiger partial charge is 0.482 e. The molecule has 5 rings (SSSR count). The minimum atomic E-state index is -3.27. The van der Waals surface area contributed by atoms with Crippen LogP contribution in [-0.4, -0.2) is 39.1 Å². The van der Waals surface area contributed by atoms with Crippen LogP contribution >= 0.6 is 0 Å². The standard InChI is InChI=1S/C28H36O6S/c1-3-28-15-14-23-22-11-5-19(29)16-18(22)4-10-24(23)25(28)12-13-26(28)34-27(30)17-33-20-6-8-21(9-7-20)35(2,31)32/h6-9,16,22-26H,3-5,10-15,17H2,1-2H3. The maximum absolute atomic E-state index is 12.8. The third-order valence-corrected chi connectivity index (χ3v) is 10.6. The second kappa shape index (κ2) is 9.38. The second-order valence-electron chi connectivity index (χ2n) is 11.0. The van der Waals surface area contributed by atoms with E-state index in [1.165, 1.54) is 17.7 Å². The average Bonchev–Trinajstić information content (AvgIpc) is 3.20. The summed E-state index contributed by atoms with van der Waals surface area (Å²) in [6.07, 6.45) is 12.2. The Kier molecular flexibility index (Phi) is 6.58. The lowest BCUT2D eigenvalue weighted by Gasteiger charge is -2.54. The number of sulfone groups is 1. The van der Waals surface area contributed by atoms with Gasteiger partial charge in [0.2, 0.25) is 0 Å². The third-order valence-electron chi connectivity index (χ3n) is 9.48. The van der Waals surface area contributed by atoms with Crippen LogP contribution in [0.3, 0.4) is 0 Å². The Morgan fingerprint density at radius 1 is 1.03 bits per heavy atom. The Bertz CT molecular complexity index is 1120. The monoisotopic (exact) mass is 500 g/mol. The number of hydrogen-bond acceptors (Lipinski definition) is 6. The van der Waals surface area contributed by atoms with E-state index in [2.05, 4.69) is 6.92 Å². The third kappa shape index (κ3) is 4.56. The van der Waals surface area contributed by atoms with Crippen molar-refractivity contribution in [1.29, 1.82) is 0 Å². The van der Waals surface area contributed by atoms with Gasteiger partial charge in [-0.25, -0.2) is 13.2 Å². The summed E-state index contributed by atoms with van der Waals surface area (Å²) in [5.41, 5.74) is 1.44. The highest BCUT2D eigenvalue weighted by atomic mass is 32.2. The summed E-state index contributed by atoms with van der Waals surface area (Å²) in [6.45, 7) is 2.06. The van der Waals surface area contributed by atoms with Gasteiger partial charge in [0, 0.05) is 18.1 Å². The first-order valence-electron chi connectivity index (χ1n) is 13.1. The summed E-state index contributed by atoms with van der Waals surface area (Å²) < 4.78 is 34.9. The van der Waals surface area contributed by atoms with Gasteiger partial charge in [0.15, 0.2) is 22.2 Å². The Morgan fingerprint density at radius 3 is 2.51 bits per heavy atom. The molecule has 0 aromatic heterocycles. The van der Waals surface area contributed by atoms with E-state index in [9.17, 15) is 18.0 Å². The van der Waals surface area contributed by atoms with Crippen molar-refractivity contribution in [2.24, 2.45) is 29.1 Å². The van der Waals surface area contributed by atoms with Crippen LogP contribution in [0.2, 0.25) is 0 Å². The molecule has 0 saturated heterocycles. The Labute approximate surface area is 208 Å². The normalized spacial score (nSPS) is 34.3. The Hall–Kier alpha value is -2.15. The van der Waals surface area contributed by atoms with Crippen molar-refractivity contribution < 1.29 is 27.5 Å². The molecule has 0 N–H and O–H groups in total. The van der Waals surface area contributed by atoms with E-state index in [0.29, 0.717) is 41.6 Å². The van der Waals surface area contributed by atoms with Gasteiger partial charge in [0.1, 0.15) is 11.9 Å². The first-order chi connectivity index (χ1) is 16.7. The maximum atomic E-state index is 12.8. The number of allylic oxidation sites excluding steroid dienone is 1. The van der Waals surface area contributed by atoms with Crippen LogP contribution in [0.25, 0.3) is 0 Å². The molecule has 0 amide bonds. The fourth-order valence-electron chi connectivity index (χ4n) is 7.90. The molecule has 7 heteroatoms. The smallest absolute Gasteiger partial charge is 0.344 e. The Morgan fingerprint density at radius 2 is 1.80 bits per heavy atom. The molecule has 1 aromatic rings. The molecule has 3 fully saturated rings. The molecule has 6 atom stereocenters. The molecule has 3 saturated carbocycles. The fraction of sp³-hybridized carbons (Fsp3) is 0.643. The topological polar surface area (TPSA) is 86.7 Å². The number of ether oxygens (including phenoxy) is 2. The number of esters is 1. The summed E-state index contributed by atoms with van der Waals surface area (Å²) in [4.78, 5) is 24.9. The van der Waals surface area contributed by atoms with Gasteiger partial charge in [-0.15, -0.1) is 0 Å². The second-order valence-corrected chi connectivity index (χ2v) is 13.0. The van der Waals surface area contributed by atoms with Crippen LogP contribution in [0.1, 0.15) is 64.7 Å². The van der Waals surface area contributed by atoms with E-state index >= 15 is 0 Å². The van der Waals surface area contributed by atoms with E-state index in [4.69, 9.17) is 9.47 Å². The molecule has 35 heavy (non-hydrogen) atoms. The van der Waals surface area contributed by atoms with Crippen LogP contribution < -0.4 is 4.74 Å². The number of hydrogen-bond donors (Lipinski definition) is 0. The molecule has 6 nitrogen and oxygen atoms in total. The van der Waals surface area contributed by atoms with Crippen molar-refractivity contribution in [2.45, 2.75) is 75.7 Å². The zero-order valence-electron chi connectivity index (χ0n) is 20.7. The molecule has 0 bridgehead atoms. The zero-order chi connectivity index (χ0) is 24.8.